The van der Waals surface area contributed by atoms with Gasteiger partial charge in [-0.05, 0) is 43.2 Å². The molecule has 0 amide bonds. The summed E-state index contributed by atoms with van der Waals surface area (Å²) in [6.07, 6.45) is 3.94. The van der Waals surface area contributed by atoms with Gasteiger partial charge in [0.25, 0.3) is 0 Å². The first-order chi connectivity index (χ1) is 9.65. The summed E-state index contributed by atoms with van der Waals surface area (Å²) in [5.74, 6) is -0.115. The molecule has 1 aliphatic carbocycles. The van der Waals surface area contributed by atoms with E-state index in [9.17, 15) is 4.79 Å². The molecule has 0 radical (unpaired) electrons. The molecule has 1 aliphatic rings. The highest BCUT2D eigenvalue weighted by atomic mass is 16.4. The summed E-state index contributed by atoms with van der Waals surface area (Å²) in [6, 6.07) is 9.37. The number of aromatic carboxylic acids is 1. The van der Waals surface area contributed by atoms with Crippen LogP contribution in [0.25, 0.3) is 0 Å². The van der Waals surface area contributed by atoms with Gasteiger partial charge in [-0.1, -0.05) is 0 Å². The molecule has 5 nitrogen and oxygen atoms in total. The second-order valence-electron chi connectivity index (χ2n) is 5.02. The number of nitrogens with two attached hydrogens (primary N) is 1. The maximum Gasteiger partial charge on any atom is 0.337 e. The van der Waals surface area contributed by atoms with Crippen LogP contribution in [0, 0.1) is 0 Å². The Bertz CT molecular complexity index is 618. The molecule has 0 unspecified atom stereocenters. The molecule has 1 aromatic carbocycles. The second kappa shape index (κ2) is 4.92. The quantitative estimate of drug-likeness (QED) is 0.818. The lowest BCUT2D eigenvalue weighted by atomic mass is 10.1. The fourth-order valence-corrected chi connectivity index (χ4v) is 2.31. The van der Waals surface area contributed by atoms with Crippen molar-refractivity contribution in [1.82, 2.24) is 0 Å². The minimum Gasteiger partial charge on any atom is -0.478 e. The van der Waals surface area contributed by atoms with E-state index in [0.717, 1.165) is 24.3 Å². The first kappa shape index (κ1) is 12.6. The Hall–Kier alpha value is -2.43. The molecule has 0 saturated heterocycles. The number of nitrogens with zero attached hydrogens (tertiary/aromatic N) is 1. The third kappa shape index (κ3) is 2.47. The zero-order chi connectivity index (χ0) is 14.1. The molecule has 0 atom stereocenters. The van der Waals surface area contributed by atoms with Gasteiger partial charge in [0, 0.05) is 17.4 Å². The minimum atomic E-state index is -1.00. The molecule has 1 aromatic heterocycles. The van der Waals surface area contributed by atoms with Gasteiger partial charge in [0.2, 0.25) is 0 Å². The van der Waals surface area contributed by atoms with Crippen LogP contribution in [0.1, 0.15) is 29.0 Å². The number of hydrogen-bond acceptors (Lipinski definition) is 4. The van der Waals surface area contributed by atoms with Gasteiger partial charge in [-0.25, -0.2) is 4.79 Å². The molecular weight excluding hydrogens is 256 g/mol. The monoisotopic (exact) mass is 272 g/mol. The smallest absolute Gasteiger partial charge is 0.337 e. The van der Waals surface area contributed by atoms with Crippen LogP contribution in [0.2, 0.25) is 0 Å². The van der Waals surface area contributed by atoms with E-state index in [1.807, 2.05) is 12.1 Å². The van der Waals surface area contributed by atoms with Gasteiger partial charge >= 0.3 is 5.97 Å². The second-order valence-corrected chi connectivity index (χ2v) is 5.02. The van der Waals surface area contributed by atoms with Crippen molar-refractivity contribution in [1.29, 1.82) is 0 Å². The van der Waals surface area contributed by atoms with E-state index in [-0.39, 0.29) is 5.56 Å². The summed E-state index contributed by atoms with van der Waals surface area (Å²) in [5.41, 5.74) is 7.19. The van der Waals surface area contributed by atoms with Crippen molar-refractivity contribution in [2.24, 2.45) is 0 Å². The highest BCUT2D eigenvalue weighted by molar-refractivity contribution is 5.94. The Balaban J connectivity index is 1.88. The van der Waals surface area contributed by atoms with Crippen LogP contribution >= 0.6 is 0 Å². The van der Waals surface area contributed by atoms with Crippen molar-refractivity contribution in [3.05, 3.63) is 47.9 Å². The van der Waals surface area contributed by atoms with Gasteiger partial charge in [0.1, 0.15) is 5.76 Å². The van der Waals surface area contributed by atoms with Gasteiger partial charge in [-0.3, -0.25) is 0 Å². The maximum atomic E-state index is 11.0. The number of nitrogen functional groups attached to an aromatic ring is 1. The van der Waals surface area contributed by atoms with Crippen LogP contribution in [-0.4, -0.2) is 17.1 Å². The largest absolute Gasteiger partial charge is 0.478 e. The Labute approximate surface area is 116 Å². The lowest BCUT2D eigenvalue weighted by Gasteiger charge is -2.24. The molecule has 5 heteroatoms. The molecule has 2 aromatic rings. The first-order valence-corrected chi connectivity index (χ1v) is 6.57. The lowest BCUT2D eigenvalue weighted by Crippen LogP contribution is -2.25. The fourth-order valence-electron chi connectivity index (χ4n) is 2.31. The Morgan fingerprint density at radius 2 is 2.20 bits per heavy atom. The summed E-state index contributed by atoms with van der Waals surface area (Å²) in [6.45, 7) is 0.670. The Kier molecular flexibility index (Phi) is 3.10. The predicted octanol–water partition coefficient (Wildman–Crippen LogP) is 2.73. The maximum absolute atomic E-state index is 11.0. The van der Waals surface area contributed by atoms with Crippen molar-refractivity contribution in [2.45, 2.75) is 25.4 Å². The van der Waals surface area contributed by atoms with E-state index >= 15 is 0 Å². The fraction of sp³-hybridized carbons (Fsp3) is 0.267. The average molecular weight is 272 g/mol. The standard InChI is InChI=1S/C15H16N2O3/c16-14-8-11(5-6-13(14)15(18)19)17(10-3-4-10)9-12-2-1-7-20-12/h1-2,5-8,10H,3-4,9,16H2,(H,18,19). The number of furan rings is 1. The summed E-state index contributed by atoms with van der Waals surface area (Å²) < 4.78 is 5.39. The molecule has 1 fully saturated rings. The van der Waals surface area contributed by atoms with Crippen LogP contribution in [-0.2, 0) is 6.54 Å². The molecule has 3 rings (SSSR count). The van der Waals surface area contributed by atoms with E-state index in [1.165, 1.54) is 0 Å². The van der Waals surface area contributed by atoms with Gasteiger partial charge in [0.05, 0.1) is 18.4 Å². The predicted molar refractivity (Wildman–Crippen MR) is 75.7 cm³/mol. The number of carbonyl (C=O) groups is 1. The van der Waals surface area contributed by atoms with E-state index < -0.39 is 5.97 Å². The lowest BCUT2D eigenvalue weighted by molar-refractivity contribution is 0.0698. The molecule has 0 spiro atoms. The molecule has 104 valence electrons. The van der Waals surface area contributed by atoms with Crippen molar-refractivity contribution in [3.8, 4) is 0 Å². The number of rotatable bonds is 5. The SMILES string of the molecule is Nc1cc(N(Cc2ccco2)C2CC2)ccc1C(=O)O. The third-order valence-corrected chi connectivity index (χ3v) is 3.49. The Morgan fingerprint density at radius 3 is 2.75 bits per heavy atom. The highest BCUT2D eigenvalue weighted by Gasteiger charge is 2.30. The average Bonchev–Trinajstić information content (AvgIpc) is 3.12. The summed E-state index contributed by atoms with van der Waals surface area (Å²) in [5, 5.41) is 9.02. The number of carboxylic acid groups (broad SMARTS) is 1. The number of benzene rings is 1. The van der Waals surface area contributed by atoms with Crippen LogP contribution < -0.4 is 10.6 Å². The van der Waals surface area contributed by atoms with Gasteiger partial charge in [0.15, 0.2) is 0 Å². The molecular formula is C15H16N2O3. The van der Waals surface area contributed by atoms with E-state index in [1.54, 1.807) is 24.5 Å². The van der Waals surface area contributed by atoms with Crippen LogP contribution in [0.3, 0.4) is 0 Å². The summed E-state index contributed by atoms with van der Waals surface area (Å²) in [7, 11) is 0. The van der Waals surface area contributed by atoms with E-state index in [4.69, 9.17) is 15.3 Å². The topological polar surface area (TPSA) is 79.7 Å². The van der Waals surface area contributed by atoms with Crippen LogP contribution in [0.15, 0.2) is 41.0 Å². The van der Waals surface area contributed by atoms with Crippen LogP contribution in [0.4, 0.5) is 11.4 Å². The highest BCUT2D eigenvalue weighted by Crippen LogP contribution is 2.34. The van der Waals surface area contributed by atoms with Crippen LogP contribution in [0.5, 0.6) is 0 Å². The third-order valence-electron chi connectivity index (χ3n) is 3.49. The number of anilines is 2. The number of carboxylic acids is 1. The van der Waals surface area contributed by atoms with E-state index in [2.05, 4.69) is 4.90 Å². The summed E-state index contributed by atoms with van der Waals surface area (Å²) in [4.78, 5) is 13.2. The normalized spacial score (nSPS) is 14.2. The molecule has 20 heavy (non-hydrogen) atoms. The Morgan fingerprint density at radius 1 is 1.40 bits per heavy atom. The number of hydrogen-bond donors (Lipinski definition) is 2. The van der Waals surface area contributed by atoms with Gasteiger partial charge < -0.3 is 20.2 Å². The van der Waals surface area contributed by atoms with Gasteiger partial charge in [-0.2, -0.15) is 0 Å². The van der Waals surface area contributed by atoms with Crippen molar-refractivity contribution >= 4 is 17.3 Å². The molecule has 0 bridgehead atoms. The van der Waals surface area contributed by atoms with Crippen molar-refractivity contribution < 1.29 is 14.3 Å². The molecule has 1 saturated carbocycles. The molecule has 0 aliphatic heterocycles. The zero-order valence-electron chi connectivity index (χ0n) is 11.0. The van der Waals surface area contributed by atoms with Gasteiger partial charge in [-0.15, -0.1) is 0 Å². The van der Waals surface area contributed by atoms with Crippen molar-refractivity contribution in [3.63, 3.8) is 0 Å². The zero-order valence-corrected chi connectivity index (χ0v) is 11.0. The first-order valence-electron chi connectivity index (χ1n) is 6.57. The van der Waals surface area contributed by atoms with Crippen molar-refractivity contribution in [2.75, 3.05) is 10.6 Å². The minimum absolute atomic E-state index is 0.141. The molecule has 1 heterocycles. The molecule has 3 N–H and O–H groups in total. The van der Waals surface area contributed by atoms with E-state index in [0.29, 0.717) is 18.3 Å². The summed E-state index contributed by atoms with van der Waals surface area (Å²) >= 11 is 0.